The van der Waals surface area contributed by atoms with Gasteiger partial charge in [-0.3, -0.25) is 0 Å². The number of hydrogen-bond acceptors (Lipinski definition) is 5. The number of carbonyl (C=O) groups is 1. The molecular weight excluding hydrogens is 355 g/mol. The van der Waals surface area contributed by atoms with E-state index >= 15 is 0 Å². The summed E-state index contributed by atoms with van der Waals surface area (Å²) >= 11 is 18.9. The first-order valence-electron chi connectivity index (χ1n) is 5.64. The predicted molar refractivity (Wildman–Crippen MR) is 84.2 cm³/mol. The summed E-state index contributed by atoms with van der Waals surface area (Å²) in [4.78, 5) is 20.4. The quantitative estimate of drug-likeness (QED) is 0.588. The Morgan fingerprint density at radius 2 is 1.95 bits per heavy atom. The van der Waals surface area contributed by atoms with Gasteiger partial charge in [-0.15, -0.1) is 11.3 Å². The standard InChI is InChI=1S/C13H5Cl3N2O2S/c14-7-4-2-1-3-6(7)11-17-8(12(19)20-11)5-9-10(15)18-13(16)21-9/h1-5H. The molecule has 8 heteroatoms. The van der Waals surface area contributed by atoms with Crippen LogP contribution in [0.4, 0.5) is 0 Å². The van der Waals surface area contributed by atoms with E-state index in [2.05, 4.69) is 9.98 Å². The molecule has 0 unspecified atom stereocenters. The van der Waals surface area contributed by atoms with E-state index in [1.54, 1.807) is 24.3 Å². The number of aliphatic imine (C=N–C) groups is 1. The number of thiazole rings is 1. The summed E-state index contributed by atoms with van der Waals surface area (Å²) in [5.41, 5.74) is 0.663. The van der Waals surface area contributed by atoms with Crippen LogP contribution in [0.1, 0.15) is 10.4 Å². The molecule has 0 saturated heterocycles. The highest BCUT2D eigenvalue weighted by Crippen LogP contribution is 2.30. The van der Waals surface area contributed by atoms with Crippen LogP contribution in [0, 0.1) is 0 Å². The summed E-state index contributed by atoms with van der Waals surface area (Å²) in [5.74, 6) is -0.422. The van der Waals surface area contributed by atoms with Crippen molar-refractivity contribution in [3.63, 3.8) is 0 Å². The topological polar surface area (TPSA) is 51.5 Å². The third-order valence-electron chi connectivity index (χ3n) is 2.58. The Hall–Kier alpha value is -1.40. The van der Waals surface area contributed by atoms with Gasteiger partial charge in [0.05, 0.1) is 15.5 Å². The Kier molecular flexibility index (Phi) is 3.99. The molecule has 1 aliphatic rings. The van der Waals surface area contributed by atoms with Crippen LogP contribution < -0.4 is 0 Å². The van der Waals surface area contributed by atoms with Crippen LogP contribution in [-0.2, 0) is 9.53 Å². The number of benzene rings is 1. The minimum Gasteiger partial charge on any atom is -0.402 e. The molecule has 0 aliphatic carbocycles. The van der Waals surface area contributed by atoms with Gasteiger partial charge in [0.2, 0.25) is 5.90 Å². The number of nitrogens with zero attached hydrogens (tertiary/aromatic N) is 2. The average Bonchev–Trinajstić information content (AvgIpc) is 2.94. The van der Waals surface area contributed by atoms with Crippen molar-refractivity contribution in [1.29, 1.82) is 0 Å². The van der Waals surface area contributed by atoms with Crippen molar-refractivity contribution in [1.82, 2.24) is 4.98 Å². The molecule has 2 heterocycles. The van der Waals surface area contributed by atoms with Gasteiger partial charge in [0.15, 0.2) is 10.2 Å². The Bertz CT molecular complexity index is 798. The lowest BCUT2D eigenvalue weighted by atomic mass is 10.2. The largest absolute Gasteiger partial charge is 0.402 e. The number of esters is 1. The van der Waals surface area contributed by atoms with Gasteiger partial charge in [0, 0.05) is 0 Å². The zero-order chi connectivity index (χ0) is 15.0. The number of aromatic nitrogens is 1. The first kappa shape index (κ1) is 14.5. The Morgan fingerprint density at radius 1 is 1.19 bits per heavy atom. The minimum absolute atomic E-state index is 0.118. The van der Waals surface area contributed by atoms with Crippen LogP contribution >= 0.6 is 46.1 Å². The average molecular weight is 360 g/mol. The summed E-state index contributed by atoms with van der Waals surface area (Å²) in [6.45, 7) is 0. The number of halogens is 3. The minimum atomic E-state index is -0.578. The van der Waals surface area contributed by atoms with Gasteiger partial charge in [0.25, 0.3) is 0 Å². The maximum Gasteiger partial charge on any atom is 0.363 e. The number of rotatable bonds is 2. The molecule has 0 saturated carbocycles. The molecule has 0 bridgehead atoms. The lowest BCUT2D eigenvalue weighted by Gasteiger charge is -2.00. The number of cyclic esters (lactones) is 1. The van der Waals surface area contributed by atoms with Crippen LogP contribution in [0.5, 0.6) is 0 Å². The molecule has 1 aromatic carbocycles. The Balaban J connectivity index is 2.00. The molecule has 0 fully saturated rings. The second kappa shape index (κ2) is 5.77. The van der Waals surface area contributed by atoms with Gasteiger partial charge in [-0.2, -0.15) is 0 Å². The second-order valence-electron chi connectivity index (χ2n) is 3.94. The maximum absolute atomic E-state index is 11.9. The molecule has 0 spiro atoms. The fourth-order valence-corrected chi connectivity index (χ4v) is 3.18. The number of carbonyl (C=O) groups excluding carboxylic acids is 1. The van der Waals surface area contributed by atoms with E-state index in [-0.39, 0.29) is 21.2 Å². The van der Waals surface area contributed by atoms with Crippen LogP contribution in [0.2, 0.25) is 14.6 Å². The molecule has 0 atom stereocenters. The van der Waals surface area contributed by atoms with Crippen molar-refractivity contribution in [3.05, 3.63) is 55.0 Å². The third kappa shape index (κ3) is 2.96. The van der Waals surface area contributed by atoms with Crippen molar-refractivity contribution < 1.29 is 9.53 Å². The van der Waals surface area contributed by atoms with E-state index in [9.17, 15) is 4.79 Å². The number of ether oxygens (including phenoxy) is 1. The smallest absolute Gasteiger partial charge is 0.363 e. The van der Waals surface area contributed by atoms with Crippen LogP contribution in [0.3, 0.4) is 0 Å². The molecule has 0 N–H and O–H groups in total. The van der Waals surface area contributed by atoms with E-state index in [4.69, 9.17) is 39.5 Å². The molecular formula is C13H5Cl3N2O2S. The SMILES string of the molecule is O=C1OC(c2ccccc2Cl)=NC1=Cc1sc(Cl)nc1Cl. The lowest BCUT2D eigenvalue weighted by Crippen LogP contribution is -2.05. The highest BCUT2D eigenvalue weighted by Gasteiger charge is 2.26. The van der Waals surface area contributed by atoms with Crippen molar-refractivity contribution in [2.24, 2.45) is 4.99 Å². The van der Waals surface area contributed by atoms with E-state index in [0.717, 1.165) is 11.3 Å². The summed E-state index contributed by atoms with van der Waals surface area (Å²) < 4.78 is 5.41. The molecule has 4 nitrogen and oxygen atoms in total. The van der Waals surface area contributed by atoms with Gasteiger partial charge in [-0.05, 0) is 18.2 Å². The zero-order valence-electron chi connectivity index (χ0n) is 10.1. The predicted octanol–water partition coefficient (Wildman–Crippen LogP) is 4.45. The molecule has 0 amide bonds. The first-order chi connectivity index (χ1) is 10.0. The summed E-state index contributed by atoms with van der Waals surface area (Å²) in [6.07, 6.45) is 1.48. The molecule has 3 rings (SSSR count). The van der Waals surface area contributed by atoms with E-state index in [1.165, 1.54) is 6.08 Å². The molecule has 1 aromatic heterocycles. The van der Waals surface area contributed by atoms with Crippen LogP contribution in [-0.4, -0.2) is 16.9 Å². The fraction of sp³-hybridized carbons (Fsp3) is 0. The monoisotopic (exact) mass is 358 g/mol. The van der Waals surface area contributed by atoms with Crippen LogP contribution in [0.25, 0.3) is 6.08 Å². The molecule has 1 aliphatic heterocycles. The third-order valence-corrected chi connectivity index (χ3v) is 4.41. The van der Waals surface area contributed by atoms with E-state index in [1.807, 2.05) is 0 Å². The maximum atomic E-state index is 11.9. The highest BCUT2D eigenvalue weighted by molar-refractivity contribution is 7.17. The van der Waals surface area contributed by atoms with Gasteiger partial charge >= 0.3 is 5.97 Å². The van der Waals surface area contributed by atoms with E-state index in [0.29, 0.717) is 15.5 Å². The number of hydrogen-bond donors (Lipinski definition) is 0. The normalized spacial score (nSPS) is 16.2. The van der Waals surface area contributed by atoms with Crippen molar-refractivity contribution in [3.8, 4) is 0 Å². The fourth-order valence-electron chi connectivity index (χ4n) is 1.66. The van der Waals surface area contributed by atoms with E-state index < -0.39 is 5.97 Å². The van der Waals surface area contributed by atoms with Gasteiger partial charge in [0.1, 0.15) is 5.15 Å². The zero-order valence-corrected chi connectivity index (χ0v) is 13.2. The first-order valence-corrected chi connectivity index (χ1v) is 7.59. The molecule has 106 valence electrons. The van der Waals surface area contributed by atoms with Gasteiger partial charge in [-0.25, -0.2) is 14.8 Å². The second-order valence-corrected chi connectivity index (χ2v) is 6.32. The Labute approximate surface area is 138 Å². The van der Waals surface area contributed by atoms with Gasteiger partial charge in [-0.1, -0.05) is 46.9 Å². The summed E-state index contributed by atoms with van der Waals surface area (Å²) in [7, 11) is 0. The molecule has 2 aromatic rings. The lowest BCUT2D eigenvalue weighted by molar-refractivity contribution is -0.129. The molecule has 0 radical (unpaired) electrons. The van der Waals surface area contributed by atoms with Crippen molar-refractivity contribution >= 4 is 64.1 Å². The summed E-state index contributed by atoms with van der Waals surface area (Å²) in [6, 6.07) is 6.96. The Morgan fingerprint density at radius 3 is 2.62 bits per heavy atom. The van der Waals surface area contributed by atoms with Gasteiger partial charge < -0.3 is 4.74 Å². The highest BCUT2D eigenvalue weighted by atomic mass is 35.5. The van der Waals surface area contributed by atoms with Crippen molar-refractivity contribution in [2.45, 2.75) is 0 Å². The summed E-state index contributed by atoms with van der Waals surface area (Å²) in [5, 5.41) is 0.663. The molecule has 21 heavy (non-hydrogen) atoms. The van der Waals surface area contributed by atoms with Crippen LogP contribution in [0.15, 0.2) is 35.0 Å². The van der Waals surface area contributed by atoms with Crippen molar-refractivity contribution in [2.75, 3.05) is 0 Å².